The molecule has 106 valence electrons. The van der Waals surface area contributed by atoms with E-state index in [0.29, 0.717) is 13.2 Å². The highest BCUT2D eigenvalue weighted by Crippen LogP contribution is 2.11. The van der Waals surface area contributed by atoms with E-state index in [-0.39, 0.29) is 0 Å². The maximum Gasteiger partial charge on any atom is 0.119 e. The molecule has 0 aliphatic rings. The Kier molecular flexibility index (Phi) is 5.59. The summed E-state index contributed by atoms with van der Waals surface area (Å²) in [7, 11) is 0. The number of hydrogen-bond acceptors (Lipinski definition) is 3. The largest absolute Gasteiger partial charge is 0.491 e. The van der Waals surface area contributed by atoms with Crippen molar-refractivity contribution in [1.82, 2.24) is 5.32 Å². The standard InChI is InChI=1S/C17H21NO2/c1-14-7-9-17(10-8-14)20-13-16(19)12-18-11-15-5-3-2-4-6-15/h2-10,16,18-19H,11-13H2,1H3. The van der Waals surface area contributed by atoms with Gasteiger partial charge in [0.05, 0.1) is 0 Å². The van der Waals surface area contributed by atoms with E-state index in [1.807, 2.05) is 49.4 Å². The molecule has 0 heterocycles. The number of aliphatic hydroxyl groups is 1. The molecule has 3 heteroatoms. The van der Waals surface area contributed by atoms with Gasteiger partial charge in [-0.3, -0.25) is 0 Å². The van der Waals surface area contributed by atoms with E-state index >= 15 is 0 Å². The summed E-state index contributed by atoms with van der Waals surface area (Å²) in [5.74, 6) is 0.790. The summed E-state index contributed by atoms with van der Waals surface area (Å²) in [5, 5.41) is 13.1. The number of nitrogens with one attached hydrogen (secondary N) is 1. The molecule has 2 aromatic rings. The molecule has 3 nitrogen and oxygen atoms in total. The van der Waals surface area contributed by atoms with Crippen molar-refractivity contribution in [2.75, 3.05) is 13.2 Å². The summed E-state index contributed by atoms with van der Waals surface area (Å²) >= 11 is 0. The molecule has 0 bridgehead atoms. The van der Waals surface area contributed by atoms with E-state index < -0.39 is 6.10 Å². The first-order valence-electron chi connectivity index (χ1n) is 6.86. The lowest BCUT2D eigenvalue weighted by Crippen LogP contribution is -2.31. The summed E-state index contributed by atoms with van der Waals surface area (Å²) in [6, 6.07) is 17.9. The van der Waals surface area contributed by atoms with Crippen LogP contribution in [0.5, 0.6) is 5.75 Å². The zero-order valence-corrected chi connectivity index (χ0v) is 11.8. The Labute approximate surface area is 120 Å². The highest BCUT2D eigenvalue weighted by atomic mass is 16.5. The van der Waals surface area contributed by atoms with Crippen molar-refractivity contribution in [3.63, 3.8) is 0 Å². The van der Waals surface area contributed by atoms with Crippen molar-refractivity contribution in [2.45, 2.75) is 19.6 Å². The molecule has 0 amide bonds. The second-order valence-electron chi connectivity index (χ2n) is 4.89. The van der Waals surface area contributed by atoms with Gasteiger partial charge in [-0.05, 0) is 24.6 Å². The minimum atomic E-state index is -0.514. The van der Waals surface area contributed by atoms with Crippen LogP contribution < -0.4 is 10.1 Å². The fraction of sp³-hybridized carbons (Fsp3) is 0.294. The molecule has 2 rings (SSSR count). The van der Waals surface area contributed by atoms with Crippen molar-refractivity contribution < 1.29 is 9.84 Å². The van der Waals surface area contributed by atoms with Crippen LogP contribution >= 0.6 is 0 Å². The molecule has 0 fully saturated rings. The second-order valence-corrected chi connectivity index (χ2v) is 4.89. The third kappa shape index (κ3) is 5.03. The number of aliphatic hydroxyl groups excluding tert-OH is 1. The van der Waals surface area contributed by atoms with Gasteiger partial charge in [0.15, 0.2) is 0 Å². The highest BCUT2D eigenvalue weighted by Gasteiger charge is 2.04. The van der Waals surface area contributed by atoms with Crippen LogP contribution in [0.1, 0.15) is 11.1 Å². The van der Waals surface area contributed by atoms with Crippen LogP contribution in [0.25, 0.3) is 0 Å². The summed E-state index contributed by atoms with van der Waals surface area (Å²) < 4.78 is 5.54. The van der Waals surface area contributed by atoms with Crippen LogP contribution in [0.3, 0.4) is 0 Å². The number of ether oxygens (including phenoxy) is 1. The van der Waals surface area contributed by atoms with Gasteiger partial charge in [-0.15, -0.1) is 0 Å². The smallest absolute Gasteiger partial charge is 0.119 e. The van der Waals surface area contributed by atoms with E-state index in [0.717, 1.165) is 12.3 Å². The van der Waals surface area contributed by atoms with Gasteiger partial charge in [-0.25, -0.2) is 0 Å². The van der Waals surface area contributed by atoms with Crippen molar-refractivity contribution >= 4 is 0 Å². The van der Waals surface area contributed by atoms with Gasteiger partial charge in [0.1, 0.15) is 18.5 Å². The van der Waals surface area contributed by atoms with Crippen molar-refractivity contribution in [2.24, 2.45) is 0 Å². The van der Waals surface area contributed by atoms with Crippen LogP contribution in [0, 0.1) is 6.92 Å². The van der Waals surface area contributed by atoms with E-state index in [9.17, 15) is 5.11 Å². The number of hydrogen-bond donors (Lipinski definition) is 2. The van der Waals surface area contributed by atoms with Gasteiger partial charge >= 0.3 is 0 Å². The van der Waals surface area contributed by atoms with Crippen LogP contribution in [0.4, 0.5) is 0 Å². The molecule has 20 heavy (non-hydrogen) atoms. The first-order chi connectivity index (χ1) is 9.74. The first kappa shape index (κ1) is 14.6. The SMILES string of the molecule is Cc1ccc(OCC(O)CNCc2ccccc2)cc1. The minimum absolute atomic E-state index is 0.296. The number of benzene rings is 2. The van der Waals surface area contributed by atoms with E-state index in [2.05, 4.69) is 17.4 Å². The Balaban J connectivity index is 1.65. The first-order valence-corrected chi connectivity index (χ1v) is 6.86. The molecule has 0 radical (unpaired) electrons. The Morgan fingerprint density at radius 2 is 1.75 bits per heavy atom. The van der Waals surface area contributed by atoms with Crippen molar-refractivity contribution in [3.05, 3.63) is 65.7 Å². The minimum Gasteiger partial charge on any atom is -0.491 e. The molecule has 0 aliphatic heterocycles. The van der Waals surface area contributed by atoms with Crippen LogP contribution in [-0.2, 0) is 6.54 Å². The van der Waals surface area contributed by atoms with Crippen molar-refractivity contribution in [3.8, 4) is 5.75 Å². The van der Waals surface area contributed by atoms with Gasteiger partial charge < -0.3 is 15.2 Å². The molecule has 0 spiro atoms. The predicted molar refractivity (Wildman–Crippen MR) is 80.8 cm³/mol. The molecule has 1 unspecified atom stereocenters. The number of rotatable bonds is 7. The Hall–Kier alpha value is -1.84. The fourth-order valence-corrected chi connectivity index (χ4v) is 1.86. The van der Waals surface area contributed by atoms with Crippen LogP contribution in [0.15, 0.2) is 54.6 Å². The zero-order valence-electron chi connectivity index (χ0n) is 11.8. The molecular formula is C17H21NO2. The number of aryl methyl sites for hydroxylation is 1. The quantitative estimate of drug-likeness (QED) is 0.813. The lowest BCUT2D eigenvalue weighted by Gasteiger charge is -2.13. The molecule has 0 aromatic heterocycles. The predicted octanol–water partition coefficient (Wildman–Crippen LogP) is 2.52. The molecule has 0 aliphatic carbocycles. The molecule has 1 atom stereocenters. The Morgan fingerprint density at radius 1 is 1.05 bits per heavy atom. The second kappa shape index (κ2) is 7.68. The molecule has 0 saturated heterocycles. The monoisotopic (exact) mass is 271 g/mol. The Bertz CT molecular complexity index is 496. The molecule has 2 aromatic carbocycles. The summed E-state index contributed by atoms with van der Waals surface area (Å²) in [5.41, 5.74) is 2.40. The maximum atomic E-state index is 9.86. The van der Waals surface area contributed by atoms with E-state index in [1.165, 1.54) is 11.1 Å². The average molecular weight is 271 g/mol. The Morgan fingerprint density at radius 3 is 2.45 bits per heavy atom. The molecular weight excluding hydrogens is 250 g/mol. The molecule has 0 saturated carbocycles. The van der Waals surface area contributed by atoms with E-state index in [4.69, 9.17) is 4.74 Å². The summed E-state index contributed by atoms with van der Waals surface area (Å²) in [6.07, 6.45) is -0.514. The van der Waals surface area contributed by atoms with Gasteiger partial charge in [-0.2, -0.15) is 0 Å². The van der Waals surface area contributed by atoms with Crippen LogP contribution in [0.2, 0.25) is 0 Å². The maximum absolute atomic E-state index is 9.86. The fourth-order valence-electron chi connectivity index (χ4n) is 1.86. The van der Waals surface area contributed by atoms with Gasteiger partial charge in [-0.1, -0.05) is 48.0 Å². The van der Waals surface area contributed by atoms with E-state index in [1.54, 1.807) is 0 Å². The molecule has 2 N–H and O–H groups in total. The van der Waals surface area contributed by atoms with Gasteiger partial charge in [0.2, 0.25) is 0 Å². The highest BCUT2D eigenvalue weighted by molar-refractivity contribution is 5.26. The summed E-state index contributed by atoms with van der Waals surface area (Å²) in [4.78, 5) is 0. The van der Waals surface area contributed by atoms with Crippen LogP contribution in [-0.4, -0.2) is 24.4 Å². The normalized spacial score (nSPS) is 12.1. The third-order valence-corrected chi connectivity index (χ3v) is 3.02. The average Bonchev–Trinajstić information content (AvgIpc) is 2.48. The van der Waals surface area contributed by atoms with Crippen molar-refractivity contribution in [1.29, 1.82) is 0 Å². The summed E-state index contributed by atoms with van der Waals surface area (Å²) in [6.45, 7) is 3.60. The topological polar surface area (TPSA) is 41.5 Å². The van der Waals surface area contributed by atoms with Gasteiger partial charge in [0.25, 0.3) is 0 Å². The third-order valence-electron chi connectivity index (χ3n) is 3.02. The zero-order chi connectivity index (χ0) is 14.2. The lowest BCUT2D eigenvalue weighted by atomic mass is 10.2. The lowest BCUT2D eigenvalue weighted by molar-refractivity contribution is 0.106. The van der Waals surface area contributed by atoms with Gasteiger partial charge in [0, 0.05) is 13.1 Å².